The van der Waals surface area contributed by atoms with Gasteiger partial charge in [-0.25, -0.2) is 5.01 Å². The Balaban J connectivity index is 1.44. The van der Waals surface area contributed by atoms with Gasteiger partial charge in [-0.05, 0) is 67.1 Å². The highest BCUT2D eigenvalue weighted by Gasteiger charge is 2.34. The van der Waals surface area contributed by atoms with Crippen molar-refractivity contribution >= 4 is 46.8 Å². The molecule has 1 saturated heterocycles. The largest absolute Gasteiger partial charge is 0.493 e. The Morgan fingerprint density at radius 2 is 1.64 bits per heavy atom. The van der Waals surface area contributed by atoms with E-state index in [0.29, 0.717) is 59.0 Å². The quantitative estimate of drug-likeness (QED) is 0.208. The van der Waals surface area contributed by atoms with Gasteiger partial charge in [0.15, 0.2) is 11.5 Å². The van der Waals surface area contributed by atoms with Crippen LogP contribution in [-0.2, 0) is 9.59 Å². The minimum Gasteiger partial charge on any atom is -0.493 e. The number of ether oxygens (including phenoxy) is 3. The molecule has 1 aliphatic rings. The normalized spacial score (nSPS) is 14.2. The second-order valence-electron chi connectivity index (χ2n) is 7.74. The summed E-state index contributed by atoms with van der Waals surface area (Å²) in [5, 5.41) is 2.16. The van der Waals surface area contributed by atoms with Crippen LogP contribution >= 0.6 is 23.2 Å². The lowest BCUT2D eigenvalue weighted by molar-refractivity contribution is -0.117. The number of hydrogen-bond donors (Lipinski definition) is 1. The molecule has 7 nitrogen and oxygen atoms in total. The molecule has 2 amide bonds. The van der Waals surface area contributed by atoms with Crippen LogP contribution in [0.4, 0.5) is 5.69 Å². The van der Waals surface area contributed by atoms with Crippen molar-refractivity contribution in [2.24, 2.45) is 0 Å². The summed E-state index contributed by atoms with van der Waals surface area (Å²) in [6.45, 7) is 3.02. The second-order valence-corrected chi connectivity index (χ2v) is 8.59. The molecule has 0 aromatic heterocycles. The third-order valence-electron chi connectivity index (χ3n) is 5.17. The molecule has 4 rings (SSSR count). The highest BCUT2D eigenvalue weighted by atomic mass is 35.5. The minimum absolute atomic E-state index is 0.00890. The van der Waals surface area contributed by atoms with E-state index in [9.17, 15) is 9.59 Å². The molecule has 1 heterocycles. The number of benzene rings is 3. The SMILES string of the molecule is CCOc1cc(/C=C2\C(=O)NN(c3ccccc3)C2=O)cc(Cl)c1OCCCOc1ccc(Cl)cc1. The number of anilines is 1. The maximum absolute atomic E-state index is 12.9. The van der Waals surface area contributed by atoms with E-state index >= 15 is 0 Å². The van der Waals surface area contributed by atoms with Crippen molar-refractivity contribution in [3.63, 3.8) is 0 Å². The van der Waals surface area contributed by atoms with E-state index in [2.05, 4.69) is 5.43 Å². The van der Waals surface area contributed by atoms with Gasteiger partial charge in [-0.2, -0.15) is 0 Å². The zero-order chi connectivity index (χ0) is 25.5. The second kappa shape index (κ2) is 11.8. The fourth-order valence-corrected chi connectivity index (χ4v) is 3.91. The molecule has 9 heteroatoms. The van der Waals surface area contributed by atoms with Crippen LogP contribution in [0.15, 0.2) is 72.3 Å². The first-order valence-corrected chi connectivity index (χ1v) is 12.1. The van der Waals surface area contributed by atoms with Gasteiger partial charge >= 0.3 is 0 Å². The average molecular weight is 527 g/mol. The molecule has 1 N–H and O–H groups in total. The molecule has 1 aliphatic heterocycles. The van der Waals surface area contributed by atoms with Crippen molar-refractivity contribution in [2.45, 2.75) is 13.3 Å². The lowest BCUT2D eigenvalue weighted by Crippen LogP contribution is -2.35. The van der Waals surface area contributed by atoms with E-state index in [1.54, 1.807) is 60.7 Å². The van der Waals surface area contributed by atoms with E-state index in [1.165, 1.54) is 11.1 Å². The number of amides is 2. The van der Waals surface area contributed by atoms with Gasteiger partial charge in [-0.1, -0.05) is 41.4 Å². The van der Waals surface area contributed by atoms with Gasteiger partial charge in [-0.15, -0.1) is 0 Å². The molecule has 0 atom stereocenters. The van der Waals surface area contributed by atoms with Crippen LogP contribution in [0.3, 0.4) is 0 Å². The summed E-state index contributed by atoms with van der Waals surface area (Å²) >= 11 is 12.4. The molecule has 0 spiro atoms. The minimum atomic E-state index is -0.501. The van der Waals surface area contributed by atoms with E-state index in [0.717, 1.165) is 5.75 Å². The van der Waals surface area contributed by atoms with Crippen LogP contribution in [0.2, 0.25) is 10.0 Å². The van der Waals surface area contributed by atoms with Crippen LogP contribution < -0.4 is 24.6 Å². The predicted molar refractivity (Wildman–Crippen MR) is 140 cm³/mol. The zero-order valence-electron chi connectivity index (χ0n) is 19.5. The number of hydrogen-bond acceptors (Lipinski definition) is 5. The standard InChI is InChI=1S/C27H24Cl2N2O5/c1-2-34-24-17-18(15-22-26(32)30-31(27(22)33)20-7-4-3-5-8-20)16-23(29)25(24)36-14-6-13-35-21-11-9-19(28)10-12-21/h3-5,7-12,15-17H,2,6,13-14H2,1H3,(H,30,32)/b22-15+. The van der Waals surface area contributed by atoms with Gasteiger partial charge in [0.2, 0.25) is 0 Å². The number of nitrogens with one attached hydrogen (secondary N) is 1. The summed E-state index contributed by atoms with van der Waals surface area (Å²) in [4.78, 5) is 25.4. The fourth-order valence-electron chi connectivity index (χ4n) is 3.51. The van der Waals surface area contributed by atoms with Crippen molar-refractivity contribution in [1.82, 2.24) is 5.43 Å². The Labute approximate surface area is 219 Å². The van der Waals surface area contributed by atoms with Gasteiger partial charge in [0.05, 0.1) is 30.5 Å². The summed E-state index contributed by atoms with van der Waals surface area (Å²) in [6.07, 6.45) is 2.10. The summed E-state index contributed by atoms with van der Waals surface area (Å²) in [6, 6.07) is 19.3. The summed E-state index contributed by atoms with van der Waals surface area (Å²) in [7, 11) is 0. The lowest BCUT2D eigenvalue weighted by Gasteiger charge is -2.15. The smallest absolute Gasteiger partial charge is 0.282 e. The topological polar surface area (TPSA) is 77.1 Å². The van der Waals surface area contributed by atoms with Crippen molar-refractivity contribution in [2.75, 3.05) is 24.8 Å². The molecule has 1 fully saturated rings. The Bertz CT molecular complexity index is 1260. The van der Waals surface area contributed by atoms with E-state index in [4.69, 9.17) is 37.4 Å². The Morgan fingerprint density at radius 1 is 0.917 bits per heavy atom. The molecule has 3 aromatic carbocycles. The zero-order valence-corrected chi connectivity index (χ0v) is 21.0. The van der Waals surface area contributed by atoms with Crippen molar-refractivity contribution in [1.29, 1.82) is 0 Å². The van der Waals surface area contributed by atoms with Crippen molar-refractivity contribution in [3.05, 3.63) is 87.9 Å². The highest BCUT2D eigenvalue weighted by molar-refractivity contribution is 6.33. The molecule has 0 saturated carbocycles. The van der Waals surface area contributed by atoms with Crippen LogP contribution in [0.1, 0.15) is 18.9 Å². The van der Waals surface area contributed by atoms with Crippen molar-refractivity contribution < 1.29 is 23.8 Å². The predicted octanol–water partition coefficient (Wildman–Crippen LogP) is 5.70. The first-order chi connectivity index (χ1) is 17.5. The summed E-state index contributed by atoms with van der Waals surface area (Å²) in [5.74, 6) is 0.572. The maximum atomic E-state index is 12.9. The number of nitrogens with zero attached hydrogens (tertiary/aromatic N) is 1. The maximum Gasteiger partial charge on any atom is 0.282 e. The number of halogens is 2. The highest BCUT2D eigenvalue weighted by Crippen LogP contribution is 2.37. The van der Waals surface area contributed by atoms with Crippen LogP contribution in [-0.4, -0.2) is 31.6 Å². The number of carbonyl (C=O) groups is 2. The van der Waals surface area contributed by atoms with Crippen LogP contribution in [0.25, 0.3) is 6.08 Å². The molecule has 3 aromatic rings. The fraction of sp³-hybridized carbons (Fsp3) is 0.185. The van der Waals surface area contributed by atoms with Gasteiger partial charge in [0.25, 0.3) is 11.8 Å². The van der Waals surface area contributed by atoms with Gasteiger partial charge in [-0.3, -0.25) is 15.0 Å². The average Bonchev–Trinajstić information content (AvgIpc) is 3.15. The molecule has 0 unspecified atom stereocenters. The van der Waals surface area contributed by atoms with Crippen molar-refractivity contribution in [3.8, 4) is 17.2 Å². The molecule has 36 heavy (non-hydrogen) atoms. The van der Waals surface area contributed by atoms with E-state index in [1.807, 2.05) is 13.0 Å². The van der Waals surface area contributed by atoms with Crippen LogP contribution in [0, 0.1) is 0 Å². The third kappa shape index (κ3) is 6.11. The van der Waals surface area contributed by atoms with Gasteiger partial charge in [0, 0.05) is 11.4 Å². The number of para-hydroxylation sites is 1. The Kier molecular flexibility index (Phi) is 8.36. The first-order valence-electron chi connectivity index (χ1n) is 11.4. The number of carbonyl (C=O) groups excluding carboxylic acids is 2. The molecule has 186 valence electrons. The Hall–Kier alpha value is -3.68. The van der Waals surface area contributed by atoms with E-state index in [-0.39, 0.29) is 5.57 Å². The lowest BCUT2D eigenvalue weighted by atomic mass is 10.1. The van der Waals surface area contributed by atoms with Gasteiger partial charge in [0.1, 0.15) is 11.3 Å². The first kappa shape index (κ1) is 25.4. The molecule has 0 bridgehead atoms. The van der Waals surface area contributed by atoms with E-state index < -0.39 is 11.8 Å². The summed E-state index contributed by atoms with van der Waals surface area (Å²) < 4.78 is 17.3. The summed E-state index contributed by atoms with van der Waals surface area (Å²) in [5.41, 5.74) is 3.67. The van der Waals surface area contributed by atoms with Gasteiger partial charge < -0.3 is 14.2 Å². The monoisotopic (exact) mass is 526 g/mol. The molecular formula is C27H24Cl2N2O5. The number of rotatable bonds is 10. The Morgan fingerprint density at radius 3 is 2.36 bits per heavy atom. The molecule has 0 radical (unpaired) electrons. The van der Waals surface area contributed by atoms with Crippen LogP contribution in [0.5, 0.6) is 17.2 Å². The molecule has 0 aliphatic carbocycles. The molecular weight excluding hydrogens is 503 g/mol. The third-order valence-corrected chi connectivity index (χ3v) is 5.70. The number of hydrazine groups is 1.